The zero-order valence-electron chi connectivity index (χ0n) is 13.6. The molecule has 0 spiro atoms. The van der Waals surface area contributed by atoms with Crippen LogP contribution in [-0.4, -0.2) is 49.0 Å². The predicted molar refractivity (Wildman–Crippen MR) is 83.1 cm³/mol. The average molecular weight is 318 g/mol. The summed E-state index contributed by atoms with van der Waals surface area (Å²) in [7, 11) is 0. The number of rotatable bonds is 13. The summed E-state index contributed by atoms with van der Waals surface area (Å²) in [5.74, 6) is -0.582. The largest absolute Gasteiger partial charge is 0.464 e. The summed E-state index contributed by atoms with van der Waals surface area (Å²) in [6, 6.07) is -0.612. The molecule has 0 aromatic heterocycles. The average Bonchev–Trinajstić information content (AvgIpc) is 2.51. The van der Waals surface area contributed by atoms with Crippen LogP contribution in [0.1, 0.15) is 46.0 Å². The first-order valence-electron chi connectivity index (χ1n) is 7.84. The van der Waals surface area contributed by atoms with Gasteiger partial charge in [0.1, 0.15) is 6.04 Å². The Bertz CT molecular complexity index is 315. The Morgan fingerprint density at radius 1 is 1.27 bits per heavy atom. The van der Waals surface area contributed by atoms with E-state index in [2.05, 4.69) is 16.1 Å². The minimum Gasteiger partial charge on any atom is -0.464 e. The Hall–Kier alpha value is -1.22. The van der Waals surface area contributed by atoms with Gasteiger partial charge in [0, 0.05) is 6.42 Å². The van der Waals surface area contributed by atoms with E-state index < -0.39 is 12.0 Å². The summed E-state index contributed by atoms with van der Waals surface area (Å²) in [5, 5.41) is 14.4. The minimum atomic E-state index is -0.612. The Balaban J connectivity index is 4.13. The van der Waals surface area contributed by atoms with Crippen LogP contribution in [0.15, 0.2) is 0 Å². The Kier molecular flexibility index (Phi) is 12.7. The van der Waals surface area contributed by atoms with Gasteiger partial charge in [-0.25, -0.2) is 4.79 Å². The predicted octanol–water partition coefficient (Wildman–Crippen LogP) is -0.142. The van der Waals surface area contributed by atoms with Crippen molar-refractivity contribution in [1.82, 2.24) is 16.1 Å². The molecule has 0 saturated carbocycles. The van der Waals surface area contributed by atoms with Gasteiger partial charge < -0.3 is 26.3 Å². The third-order valence-corrected chi connectivity index (χ3v) is 3.08. The summed E-state index contributed by atoms with van der Waals surface area (Å²) in [6.07, 6.45) is 2.82. The molecule has 0 aromatic rings. The first-order valence-corrected chi connectivity index (χ1v) is 7.84. The molecular weight excluding hydrogens is 288 g/mol. The van der Waals surface area contributed by atoms with Gasteiger partial charge in [0.25, 0.3) is 0 Å². The maximum atomic E-state index is 11.9. The van der Waals surface area contributed by atoms with E-state index in [1.54, 1.807) is 13.8 Å². The van der Waals surface area contributed by atoms with Gasteiger partial charge in [-0.1, -0.05) is 0 Å². The number of hydrogen-bond donors (Lipinski definition) is 5. The van der Waals surface area contributed by atoms with Crippen LogP contribution in [0.25, 0.3) is 0 Å². The Morgan fingerprint density at radius 3 is 2.59 bits per heavy atom. The summed E-state index contributed by atoms with van der Waals surface area (Å²) in [5.41, 5.74) is 7.46. The fourth-order valence-electron chi connectivity index (χ4n) is 1.86. The van der Waals surface area contributed by atoms with E-state index >= 15 is 0 Å². The van der Waals surface area contributed by atoms with Crippen molar-refractivity contribution in [2.24, 2.45) is 5.73 Å². The molecule has 0 rings (SSSR count). The second-order valence-corrected chi connectivity index (χ2v) is 5.07. The first kappa shape index (κ1) is 20.8. The molecule has 0 aliphatic heterocycles. The molecule has 0 bridgehead atoms. The monoisotopic (exact) mass is 318 g/mol. The molecule has 22 heavy (non-hydrogen) atoms. The molecule has 1 amide bonds. The van der Waals surface area contributed by atoms with Crippen LogP contribution in [0, 0.1) is 0 Å². The molecule has 2 atom stereocenters. The fraction of sp³-hybridized carbons (Fsp3) is 0.857. The molecule has 130 valence electrons. The summed E-state index contributed by atoms with van der Waals surface area (Å²) in [4.78, 5) is 23.6. The van der Waals surface area contributed by atoms with Crippen LogP contribution in [0.3, 0.4) is 0 Å². The SMILES string of the molecule is CCOC(=O)[C@H](CCCCNC(C)NO)NC(=O)CCCN. The number of carbonyl (C=O) groups excluding carboxylic acids is 2. The number of unbranched alkanes of at least 4 members (excludes halogenated alkanes) is 1. The van der Waals surface area contributed by atoms with Crippen LogP contribution in [0.5, 0.6) is 0 Å². The van der Waals surface area contributed by atoms with E-state index in [-0.39, 0.29) is 18.7 Å². The van der Waals surface area contributed by atoms with Crippen LogP contribution in [0.2, 0.25) is 0 Å². The van der Waals surface area contributed by atoms with Crippen molar-refractivity contribution in [2.75, 3.05) is 19.7 Å². The minimum absolute atomic E-state index is 0.181. The van der Waals surface area contributed by atoms with Crippen molar-refractivity contribution in [3.63, 3.8) is 0 Å². The number of nitrogens with two attached hydrogens (primary N) is 1. The smallest absolute Gasteiger partial charge is 0.328 e. The van der Waals surface area contributed by atoms with Crippen LogP contribution in [-0.2, 0) is 14.3 Å². The highest BCUT2D eigenvalue weighted by Gasteiger charge is 2.21. The van der Waals surface area contributed by atoms with Gasteiger partial charge in [0.15, 0.2) is 0 Å². The molecule has 0 saturated heterocycles. The van der Waals surface area contributed by atoms with Gasteiger partial charge in [-0.15, -0.1) is 0 Å². The highest BCUT2D eigenvalue weighted by atomic mass is 16.5. The lowest BCUT2D eigenvalue weighted by molar-refractivity contribution is -0.147. The van der Waals surface area contributed by atoms with E-state index in [1.807, 2.05) is 0 Å². The highest BCUT2D eigenvalue weighted by Crippen LogP contribution is 2.04. The molecule has 1 unspecified atom stereocenters. The van der Waals surface area contributed by atoms with Gasteiger partial charge in [0.05, 0.1) is 12.8 Å². The van der Waals surface area contributed by atoms with Gasteiger partial charge in [-0.3, -0.25) is 4.79 Å². The number of amides is 1. The highest BCUT2D eigenvalue weighted by molar-refractivity contribution is 5.84. The van der Waals surface area contributed by atoms with E-state index in [9.17, 15) is 9.59 Å². The lowest BCUT2D eigenvalue weighted by Gasteiger charge is -2.17. The lowest BCUT2D eigenvalue weighted by Crippen LogP contribution is -2.42. The molecule has 6 N–H and O–H groups in total. The number of ether oxygens (including phenoxy) is 1. The van der Waals surface area contributed by atoms with Crippen molar-refractivity contribution < 1.29 is 19.5 Å². The van der Waals surface area contributed by atoms with Crippen molar-refractivity contribution >= 4 is 11.9 Å². The van der Waals surface area contributed by atoms with Gasteiger partial charge in [0.2, 0.25) is 5.91 Å². The Morgan fingerprint density at radius 2 is 2.00 bits per heavy atom. The molecule has 0 fully saturated rings. The maximum absolute atomic E-state index is 11.9. The standard InChI is InChI=1S/C14H30N4O4/c1-3-22-14(20)12(17-13(19)8-6-9-15)7-4-5-10-16-11(2)18-21/h11-12,16,18,21H,3-10,15H2,1-2H3,(H,17,19)/t11?,12-/m0/s1. The normalized spacial score (nSPS) is 13.5. The third-order valence-electron chi connectivity index (χ3n) is 3.08. The second kappa shape index (κ2) is 13.4. The maximum Gasteiger partial charge on any atom is 0.328 e. The molecular formula is C14H30N4O4. The molecule has 0 aromatic carbocycles. The fourth-order valence-corrected chi connectivity index (χ4v) is 1.86. The van der Waals surface area contributed by atoms with Crippen LogP contribution in [0.4, 0.5) is 0 Å². The summed E-state index contributed by atoms with van der Waals surface area (Å²) < 4.78 is 4.98. The zero-order chi connectivity index (χ0) is 16.8. The van der Waals surface area contributed by atoms with Crippen molar-refractivity contribution in [2.45, 2.75) is 58.2 Å². The molecule has 0 heterocycles. The van der Waals surface area contributed by atoms with E-state index in [0.29, 0.717) is 32.4 Å². The van der Waals surface area contributed by atoms with E-state index in [4.69, 9.17) is 15.7 Å². The lowest BCUT2D eigenvalue weighted by atomic mass is 10.1. The van der Waals surface area contributed by atoms with Crippen molar-refractivity contribution in [3.05, 3.63) is 0 Å². The molecule has 0 aliphatic rings. The number of hydroxylamine groups is 1. The van der Waals surface area contributed by atoms with Crippen LogP contribution >= 0.6 is 0 Å². The van der Waals surface area contributed by atoms with Gasteiger partial charge in [-0.2, -0.15) is 5.48 Å². The third kappa shape index (κ3) is 10.5. The van der Waals surface area contributed by atoms with Crippen molar-refractivity contribution in [3.8, 4) is 0 Å². The van der Waals surface area contributed by atoms with Gasteiger partial charge in [-0.05, 0) is 52.6 Å². The number of carbonyl (C=O) groups is 2. The molecule has 0 radical (unpaired) electrons. The van der Waals surface area contributed by atoms with Crippen LogP contribution < -0.4 is 21.8 Å². The second-order valence-electron chi connectivity index (χ2n) is 5.07. The zero-order valence-corrected chi connectivity index (χ0v) is 13.6. The number of hydrogen-bond acceptors (Lipinski definition) is 7. The molecule has 8 nitrogen and oxygen atoms in total. The quantitative estimate of drug-likeness (QED) is 0.138. The molecule has 8 heteroatoms. The van der Waals surface area contributed by atoms with E-state index in [1.165, 1.54) is 0 Å². The molecule has 0 aliphatic carbocycles. The van der Waals surface area contributed by atoms with Crippen molar-refractivity contribution in [1.29, 1.82) is 0 Å². The summed E-state index contributed by atoms with van der Waals surface area (Å²) >= 11 is 0. The summed E-state index contributed by atoms with van der Waals surface area (Å²) in [6.45, 7) is 4.96. The number of nitrogens with one attached hydrogen (secondary N) is 3. The Labute approximate surface area is 132 Å². The van der Waals surface area contributed by atoms with Gasteiger partial charge >= 0.3 is 5.97 Å². The van der Waals surface area contributed by atoms with E-state index in [0.717, 1.165) is 12.8 Å². The number of esters is 1. The first-order chi connectivity index (χ1) is 10.5. The topological polar surface area (TPSA) is 126 Å².